The minimum absolute atomic E-state index is 0.0345. The van der Waals surface area contributed by atoms with E-state index in [2.05, 4.69) is 37.5 Å². The van der Waals surface area contributed by atoms with Gasteiger partial charge in [0.15, 0.2) is 0 Å². The van der Waals surface area contributed by atoms with Gasteiger partial charge in [0.05, 0.1) is 0 Å². The van der Waals surface area contributed by atoms with Crippen LogP contribution in [0.3, 0.4) is 0 Å². The highest BCUT2D eigenvalue weighted by molar-refractivity contribution is 5.93. The van der Waals surface area contributed by atoms with Gasteiger partial charge < -0.3 is 4.90 Å². The second-order valence-corrected chi connectivity index (χ2v) is 4.31. The Kier molecular flexibility index (Phi) is 4.16. The molecule has 1 aliphatic rings. The third-order valence-corrected chi connectivity index (χ3v) is 2.86. The molecule has 1 amide bonds. The van der Waals surface area contributed by atoms with Gasteiger partial charge >= 0.3 is 0 Å². The van der Waals surface area contributed by atoms with Gasteiger partial charge in [0.1, 0.15) is 0 Å². The maximum Gasteiger partial charge on any atom is 0.298 e. The number of nitrogens with zero attached hydrogens (tertiary/aromatic N) is 2. The first kappa shape index (κ1) is 12.1. The summed E-state index contributed by atoms with van der Waals surface area (Å²) in [4.78, 5) is 15.8. The van der Waals surface area contributed by atoms with Gasteiger partial charge in [0.2, 0.25) is 0 Å². The van der Waals surface area contributed by atoms with Crippen molar-refractivity contribution in [1.82, 2.24) is 9.80 Å². The van der Waals surface area contributed by atoms with Crippen molar-refractivity contribution in [3.05, 3.63) is 0 Å². The first-order valence-corrected chi connectivity index (χ1v) is 5.53. The van der Waals surface area contributed by atoms with Crippen molar-refractivity contribution in [3.8, 4) is 11.8 Å². The van der Waals surface area contributed by atoms with Gasteiger partial charge in [0.25, 0.3) is 5.91 Å². The highest BCUT2D eigenvalue weighted by Gasteiger charge is 2.27. The predicted octanol–water partition coefficient (Wildman–Crippen LogP) is 0.951. The van der Waals surface area contributed by atoms with Gasteiger partial charge in [-0.2, -0.15) is 0 Å². The van der Waals surface area contributed by atoms with E-state index in [9.17, 15) is 4.79 Å². The Balaban J connectivity index is 2.57. The summed E-state index contributed by atoms with van der Waals surface area (Å²) >= 11 is 0. The average Bonchev–Trinajstić information content (AvgIpc) is 2.17. The van der Waals surface area contributed by atoms with Crippen molar-refractivity contribution in [2.45, 2.75) is 39.8 Å². The number of hydrogen-bond acceptors (Lipinski definition) is 2. The third-order valence-electron chi connectivity index (χ3n) is 2.86. The zero-order valence-electron chi connectivity index (χ0n) is 10.1. The lowest BCUT2D eigenvalue weighted by molar-refractivity contribution is -0.128. The average molecular weight is 208 g/mol. The van der Waals surface area contributed by atoms with E-state index in [0.717, 1.165) is 19.6 Å². The molecule has 84 valence electrons. The summed E-state index contributed by atoms with van der Waals surface area (Å²) in [5.74, 6) is 5.22. The van der Waals surface area contributed by atoms with Crippen molar-refractivity contribution < 1.29 is 4.79 Å². The largest absolute Gasteiger partial charge is 0.329 e. The van der Waals surface area contributed by atoms with Crippen LogP contribution in [0.25, 0.3) is 0 Å². The van der Waals surface area contributed by atoms with Gasteiger partial charge in [-0.05, 0) is 33.6 Å². The summed E-state index contributed by atoms with van der Waals surface area (Å²) in [6, 6.07) is 0.982. The standard InChI is InChI=1S/C12H20N2O/c1-5-6-12(15)13-7-8-14(10(2)3)11(4)9-13/h10-11H,7-9H2,1-4H3. The number of rotatable bonds is 1. The molecule has 0 aromatic heterocycles. The zero-order valence-corrected chi connectivity index (χ0v) is 10.1. The smallest absolute Gasteiger partial charge is 0.298 e. The lowest BCUT2D eigenvalue weighted by Crippen LogP contribution is -2.55. The topological polar surface area (TPSA) is 23.6 Å². The molecular weight excluding hydrogens is 188 g/mol. The summed E-state index contributed by atoms with van der Waals surface area (Å²) < 4.78 is 0. The SMILES string of the molecule is CC#CC(=O)N1CCN(C(C)C)C(C)C1. The Morgan fingerprint density at radius 1 is 1.40 bits per heavy atom. The van der Waals surface area contributed by atoms with Crippen LogP contribution in [0.5, 0.6) is 0 Å². The van der Waals surface area contributed by atoms with Gasteiger partial charge in [-0.15, -0.1) is 0 Å². The molecule has 3 heteroatoms. The molecule has 3 nitrogen and oxygen atoms in total. The second kappa shape index (κ2) is 5.18. The molecule has 1 fully saturated rings. The first-order valence-electron chi connectivity index (χ1n) is 5.53. The Bertz CT molecular complexity index is 288. The number of amides is 1. The van der Waals surface area contributed by atoms with E-state index in [0.29, 0.717) is 12.1 Å². The van der Waals surface area contributed by atoms with E-state index >= 15 is 0 Å². The number of hydrogen-bond donors (Lipinski definition) is 0. The fraction of sp³-hybridized carbons (Fsp3) is 0.750. The van der Waals surface area contributed by atoms with Gasteiger partial charge in [-0.3, -0.25) is 9.69 Å². The van der Waals surface area contributed by atoms with E-state index in [1.807, 2.05) is 4.90 Å². The van der Waals surface area contributed by atoms with Crippen LogP contribution in [0.15, 0.2) is 0 Å². The molecule has 1 aliphatic heterocycles. The minimum atomic E-state index is -0.0345. The normalized spacial score (nSPS) is 22.5. The van der Waals surface area contributed by atoms with Crippen molar-refractivity contribution in [1.29, 1.82) is 0 Å². The molecule has 0 N–H and O–H groups in total. The van der Waals surface area contributed by atoms with E-state index in [-0.39, 0.29) is 5.91 Å². The second-order valence-electron chi connectivity index (χ2n) is 4.31. The Morgan fingerprint density at radius 2 is 2.07 bits per heavy atom. The van der Waals surface area contributed by atoms with Crippen molar-refractivity contribution >= 4 is 5.91 Å². The maximum absolute atomic E-state index is 11.6. The first-order chi connectivity index (χ1) is 7.06. The fourth-order valence-electron chi connectivity index (χ4n) is 2.11. The molecule has 0 spiro atoms. The quantitative estimate of drug-likeness (QED) is 0.599. The van der Waals surface area contributed by atoms with Crippen LogP contribution in [0, 0.1) is 11.8 Å². The van der Waals surface area contributed by atoms with E-state index in [1.54, 1.807) is 6.92 Å². The van der Waals surface area contributed by atoms with Crippen molar-refractivity contribution in [3.63, 3.8) is 0 Å². The summed E-state index contributed by atoms with van der Waals surface area (Å²) in [6.07, 6.45) is 0. The van der Waals surface area contributed by atoms with Crippen molar-refractivity contribution in [2.75, 3.05) is 19.6 Å². The molecule has 15 heavy (non-hydrogen) atoms. The number of carbonyl (C=O) groups excluding carboxylic acids is 1. The molecule has 1 saturated heterocycles. The molecule has 1 unspecified atom stereocenters. The molecule has 0 bridgehead atoms. The Labute approximate surface area is 92.4 Å². The molecule has 1 rings (SSSR count). The summed E-state index contributed by atoms with van der Waals surface area (Å²) in [5, 5.41) is 0. The van der Waals surface area contributed by atoms with Crippen LogP contribution >= 0.6 is 0 Å². The van der Waals surface area contributed by atoms with Crippen LogP contribution in [0.2, 0.25) is 0 Å². The van der Waals surface area contributed by atoms with Crippen LogP contribution in [-0.2, 0) is 4.79 Å². The van der Waals surface area contributed by atoms with Gasteiger partial charge in [0, 0.05) is 31.7 Å². The zero-order chi connectivity index (χ0) is 11.4. The fourth-order valence-corrected chi connectivity index (χ4v) is 2.11. The summed E-state index contributed by atoms with van der Waals surface area (Å²) in [5.41, 5.74) is 0. The van der Waals surface area contributed by atoms with Crippen LogP contribution in [0.1, 0.15) is 27.7 Å². The van der Waals surface area contributed by atoms with E-state index < -0.39 is 0 Å². The van der Waals surface area contributed by atoms with Gasteiger partial charge in [-0.1, -0.05) is 5.92 Å². The van der Waals surface area contributed by atoms with E-state index in [4.69, 9.17) is 0 Å². The lowest BCUT2D eigenvalue weighted by atomic mass is 10.1. The third kappa shape index (κ3) is 2.97. The highest BCUT2D eigenvalue weighted by atomic mass is 16.2. The van der Waals surface area contributed by atoms with Gasteiger partial charge in [-0.25, -0.2) is 0 Å². The number of piperazine rings is 1. The van der Waals surface area contributed by atoms with Crippen molar-refractivity contribution in [2.24, 2.45) is 0 Å². The summed E-state index contributed by atoms with van der Waals surface area (Å²) in [6.45, 7) is 10.8. The molecule has 1 atom stereocenters. The van der Waals surface area contributed by atoms with Crippen LogP contribution in [0.4, 0.5) is 0 Å². The highest BCUT2D eigenvalue weighted by Crippen LogP contribution is 2.12. The Hall–Kier alpha value is -1.01. The molecule has 0 saturated carbocycles. The molecule has 0 aromatic carbocycles. The maximum atomic E-state index is 11.6. The molecular formula is C12H20N2O. The van der Waals surface area contributed by atoms with E-state index in [1.165, 1.54) is 0 Å². The molecule has 0 aliphatic carbocycles. The Morgan fingerprint density at radius 3 is 2.53 bits per heavy atom. The predicted molar refractivity (Wildman–Crippen MR) is 61.3 cm³/mol. The monoisotopic (exact) mass is 208 g/mol. The molecule has 0 radical (unpaired) electrons. The molecule has 1 heterocycles. The lowest BCUT2D eigenvalue weighted by Gasteiger charge is -2.41. The summed E-state index contributed by atoms with van der Waals surface area (Å²) in [7, 11) is 0. The minimum Gasteiger partial charge on any atom is -0.329 e. The molecule has 0 aromatic rings. The van der Waals surface area contributed by atoms with Crippen LogP contribution < -0.4 is 0 Å². The van der Waals surface area contributed by atoms with Crippen LogP contribution in [-0.4, -0.2) is 47.4 Å². The number of carbonyl (C=O) groups is 1.